The Morgan fingerprint density at radius 3 is 2.88 bits per heavy atom. The number of halogens is 1. The van der Waals surface area contributed by atoms with Crippen LogP contribution in [0, 0.1) is 0 Å². The van der Waals surface area contributed by atoms with E-state index in [0.29, 0.717) is 9.90 Å². The van der Waals surface area contributed by atoms with Crippen molar-refractivity contribution in [2.45, 2.75) is 0 Å². The van der Waals surface area contributed by atoms with Crippen molar-refractivity contribution in [3.05, 3.63) is 21.3 Å². The van der Waals surface area contributed by atoms with Crippen molar-refractivity contribution in [1.82, 2.24) is 5.32 Å². The summed E-state index contributed by atoms with van der Waals surface area (Å²) in [6.45, 7) is -0.402. The molecule has 2 N–H and O–H groups in total. The van der Waals surface area contributed by atoms with Gasteiger partial charge in [-0.2, -0.15) is 0 Å². The van der Waals surface area contributed by atoms with E-state index in [1.807, 2.05) is 11.4 Å². The molecule has 0 bridgehead atoms. The largest absolute Gasteiger partial charge is 0.480 e. The first-order chi connectivity index (χ1) is 7.59. The predicted octanol–water partition coefficient (Wildman–Crippen LogP) is 2.43. The predicted molar refractivity (Wildman–Crippen MR) is 64.7 cm³/mol. The van der Waals surface area contributed by atoms with E-state index in [0.717, 1.165) is 9.40 Å². The van der Waals surface area contributed by atoms with Gasteiger partial charge >= 0.3 is 5.97 Å². The fraction of sp³-hybridized carbons (Fsp3) is 0.111. The minimum absolute atomic E-state index is 0.366. The number of thiophene rings is 2. The van der Waals surface area contributed by atoms with Crippen LogP contribution in [0.2, 0.25) is 5.02 Å². The lowest BCUT2D eigenvalue weighted by molar-refractivity contribution is -0.135. The summed E-state index contributed by atoms with van der Waals surface area (Å²) in [6, 6.07) is 1.84. The summed E-state index contributed by atoms with van der Waals surface area (Å²) in [5, 5.41) is 13.9. The second-order valence-electron chi connectivity index (χ2n) is 2.94. The fourth-order valence-corrected chi connectivity index (χ4v) is 3.71. The van der Waals surface area contributed by atoms with Gasteiger partial charge < -0.3 is 10.4 Å². The molecule has 0 saturated carbocycles. The highest BCUT2D eigenvalue weighted by molar-refractivity contribution is 7.38. The van der Waals surface area contributed by atoms with Gasteiger partial charge in [0.15, 0.2) is 0 Å². The summed E-state index contributed by atoms with van der Waals surface area (Å²) >= 11 is 8.79. The van der Waals surface area contributed by atoms with E-state index in [1.165, 1.54) is 22.7 Å². The topological polar surface area (TPSA) is 66.4 Å². The molecule has 84 valence electrons. The Kier molecular flexibility index (Phi) is 3.13. The molecule has 2 aromatic heterocycles. The third-order valence-corrected chi connectivity index (χ3v) is 4.62. The molecule has 2 heterocycles. The normalized spacial score (nSPS) is 10.6. The van der Waals surface area contributed by atoms with E-state index in [9.17, 15) is 9.59 Å². The Balaban J connectivity index is 2.25. The molecule has 0 fully saturated rings. The van der Waals surface area contributed by atoms with Crippen LogP contribution < -0.4 is 5.32 Å². The van der Waals surface area contributed by atoms with Crippen LogP contribution in [0.15, 0.2) is 11.4 Å². The van der Waals surface area contributed by atoms with E-state index in [4.69, 9.17) is 16.7 Å². The molecule has 0 aliphatic carbocycles. The average molecular weight is 276 g/mol. The molecule has 0 unspecified atom stereocenters. The number of hydrogen-bond donors (Lipinski definition) is 2. The second-order valence-corrected chi connectivity index (χ2v) is 5.52. The van der Waals surface area contributed by atoms with Gasteiger partial charge in [0, 0.05) is 5.39 Å². The zero-order valence-corrected chi connectivity index (χ0v) is 10.2. The van der Waals surface area contributed by atoms with Gasteiger partial charge in [-0.1, -0.05) is 11.6 Å². The number of rotatable bonds is 3. The molecule has 0 radical (unpaired) electrons. The highest BCUT2D eigenvalue weighted by Gasteiger charge is 2.17. The zero-order valence-electron chi connectivity index (χ0n) is 7.82. The minimum Gasteiger partial charge on any atom is -0.480 e. The monoisotopic (exact) mass is 275 g/mol. The quantitative estimate of drug-likeness (QED) is 0.904. The number of carboxylic acids is 1. The number of amides is 1. The molecule has 16 heavy (non-hydrogen) atoms. The van der Waals surface area contributed by atoms with Crippen LogP contribution in [0.25, 0.3) is 9.40 Å². The molecule has 0 aromatic carbocycles. The number of fused-ring (bicyclic) bond motifs is 1. The van der Waals surface area contributed by atoms with Gasteiger partial charge in [-0.3, -0.25) is 9.59 Å². The number of carbonyl (C=O) groups is 2. The van der Waals surface area contributed by atoms with Gasteiger partial charge in [0.2, 0.25) is 0 Å². The zero-order chi connectivity index (χ0) is 11.7. The first-order valence-electron chi connectivity index (χ1n) is 4.25. The molecule has 0 aliphatic heterocycles. The number of hydrogen-bond acceptors (Lipinski definition) is 4. The summed E-state index contributed by atoms with van der Waals surface area (Å²) in [4.78, 5) is 22.3. The standard InChI is InChI=1S/C9H6ClNO3S2/c10-6-4-1-2-15-9(4)16-7(6)8(14)11-3-5(12)13/h1-2H,3H2,(H,11,14)(H,12,13). The molecule has 1 amide bonds. The Hall–Kier alpha value is -1.11. The van der Waals surface area contributed by atoms with E-state index in [2.05, 4.69) is 5.32 Å². The third kappa shape index (κ3) is 2.04. The lowest BCUT2D eigenvalue weighted by Gasteiger charge is -1.99. The van der Waals surface area contributed by atoms with Crippen molar-refractivity contribution in [3.8, 4) is 0 Å². The van der Waals surface area contributed by atoms with Gasteiger partial charge in [-0.15, -0.1) is 22.7 Å². The maximum Gasteiger partial charge on any atom is 0.322 e. The van der Waals surface area contributed by atoms with Crippen molar-refractivity contribution in [2.75, 3.05) is 6.54 Å². The number of nitrogens with one attached hydrogen (secondary N) is 1. The van der Waals surface area contributed by atoms with Gasteiger partial charge in [0.05, 0.1) is 9.04 Å². The van der Waals surface area contributed by atoms with Crippen LogP contribution >= 0.6 is 34.3 Å². The Labute approximate surface area is 103 Å². The molecular formula is C9H6ClNO3S2. The summed E-state index contributed by atoms with van der Waals surface area (Å²) < 4.78 is 0.963. The Morgan fingerprint density at radius 2 is 2.25 bits per heavy atom. The van der Waals surface area contributed by atoms with Crippen LogP contribution in [-0.2, 0) is 4.79 Å². The van der Waals surface area contributed by atoms with Crippen molar-refractivity contribution < 1.29 is 14.7 Å². The van der Waals surface area contributed by atoms with Gasteiger partial charge in [0.1, 0.15) is 11.4 Å². The maximum absolute atomic E-state index is 11.6. The summed E-state index contributed by atoms with van der Waals surface area (Å²) in [5.41, 5.74) is 0. The highest BCUT2D eigenvalue weighted by Crippen LogP contribution is 2.38. The highest BCUT2D eigenvalue weighted by atomic mass is 35.5. The summed E-state index contributed by atoms with van der Waals surface area (Å²) in [5.74, 6) is -1.52. The Bertz CT molecular complexity index is 560. The first kappa shape index (κ1) is 11.4. The molecular weight excluding hydrogens is 270 g/mol. The SMILES string of the molecule is O=C(O)CNC(=O)c1sc2sccc2c1Cl. The molecule has 4 nitrogen and oxygen atoms in total. The molecule has 7 heteroatoms. The number of carboxylic acid groups (broad SMARTS) is 1. The van der Waals surface area contributed by atoms with Crippen LogP contribution in [0.4, 0.5) is 0 Å². The van der Waals surface area contributed by atoms with Crippen molar-refractivity contribution in [1.29, 1.82) is 0 Å². The molecule has 0 aliphatic rings. The second kappa shape index (κ2) is 4.40. The van der Waals surface area contributed by atoms with E-state index < -0.39 is 18.4 Å². The van der Waals surface area contributed by atoms with E-state index >= 15 is 0 Å². The first-order valence-corrected chi connectivity index (χ1v) is 6.32. The maximum atomic E-state index is 11.6. The van der Waals surface area contributed by atoms with Crippen LogP contribution in [-0.4, -0.2) is 23.5 Å². The molecule has 2 rings (SSSR count). The average Bonchev–Trinajstić information content (AvgIpc) is 2.78. The molecule has 0 atom stereocenters. The van der Waals surface area contributed by atoms with Gasteiger partial charge in [0.25, 0.3) is 5.91 Å². The lowest BCUT2D eigenvalue weighted by Crippen LogP contribution is -2.28. The number of aliphatic carboxylic acids is 1. The van der Waals surface area contributed by atoms with Crippen LogP contribution in [0.1, 0.15) is 9.67 Å². The molecule has 2 aromatic rings. The van der Waals surface area contributed by atoms with E-state index in [-0.39, 0.29) is 0 Å². The molecule has 0 spiro atoms. The summed E-state index contributed by atoms with van der Waals surface area (Å²) in [7, 11) is 0. The van der Waals surface area contributed by atoms with Crippen LogP contribution in [0.5, 0.6) is 0 Å². The third-order valence-electron chi connectivity index (χ3n) is 1.87. The lowest BCUT2D eigenvalue weighted by atomic mass is 10.3. The van der Waals surface area contributed by atoms with Crippen LogP contribution in [0.3, 0.4) is 0 Å². The smallest absolute Gasteiger partial charge is 0.322 e. The Morgan fingerprint density at radius 1 is 1.50 bits per heavy atom. The summed E-state index contributed by atoms with van der Waals surface area (Å²) in [6.07, 6.45) is 0. The van der Waals surface area contributed by atoms with E-state index in [1.54, 1.807) is 0 Å². The van der Waals surface area contributed by atoms with Crippen molar-refractivity contribution >= 4 is 55.6 Å². The number of carbonyl (C=O) groups excluding carboxylic acids is 1. The molecule has 0 saturated heterocycles. The fourth-order valence-electron chi connectivity index (χ4n) is 1.18. The van der Waals surface area contributed by atoms with Crippen molar-refractivity contribution in [3.63, 3.8) is 0 Å². The van der Waals surface area contributed by atoms with Crippen molar-refractivity contribution in [2.24, 2.45) is 0 Å². The van der Waals surface area contributed by atoms with Gasteiger partial charge in [-0.25, -0.2) is 0 Å². The minimum atomic E-state index is -1.08. The van der Waals surface area contributed by atoms with Gasteiger partial charge in [-0.05, 0) is 11.4 Å².